The summed E-state index contributed by atoms with van der Waals surface area (Å²) in [4.78, 5) is 10.5. The van der Waals surface area contributed by atoms with E-state index in [1.54, 1.807) is 0 Å². The van der Waals surface area contributed by atoms with Gasteiger partial charge in [-0.1, -0.05) is 0 Å². The van der Waals surface area contributed by atoms with Gasteiger partial charge in [0.1, 0.15) is 13.2 Å². The molecule has 0 saturated carbocycles. The zero-order chi connectivity index (χ0) is 10.3. The number of rotatable bonds is 4. The Morgan fingerprint density at radius 1 is 1.38 bits per heavy atom. The lowest BCUT2D eigenvalue weighted by Crippen LogP contribution is -2.34. The Balaban J connectivity index is 3.41. The van der Waals surface area contributed by atoms with E-state index in [4.69, 9.17) is 0 Å². The molecule has 0 saturated heterocycles. The van der Waals surface area contributed by atoms with Crippen molar-refractivity contribution in [2.75, 3.05) is 26.9 Å². The van der Waals surface area contributed by atoms with E-state index in [9.17, 15) is 18.0 Å². The molecule has 0 bridgehead atoms. The van der Waals surface area contributed by atoms with Crippen molar-refractivity contribution in [2.45, 2.75) is 6.18 Å². The number of amides is 1. The number of halogens is 3. The van der Waals surface area contributed by atoms with E-state index in [-0.39, 0.29) is 13.2 Å². The molecule has 0 fully saturated rings. The fourth-order valence-corrected chi connectivity index (χ4v) is 0.441. The summed E-state index contributed by atoms with van der Waals surface area (Å²) < 4.78 is 43.3. The molecular weight excluding hydrogens is 191 g/mol. The Hall–Kier alpha value is -0.980. The van der Waals surface area contributed by atoms with E-state index < -0.39 is 18.8 Å². The zero-order valence-corrected chi connectivity index (χ0v) is 6.98. The van der Waals surface area contributed by atoms with Gasteiger partial charge < -0.3 is 14.8 Å². The van der Waals surface area contributed by atoms with Crippen molar-refractivity contribution in [3.63, 3.8) is 0 Å². The molecule has 1 N–H and O–H groups in total. The number of carbonyl (C=O) groups excluding carboxylic acids is 1. The van der Waals surface area contributed by atoms with E-state index >= 15 is 0 Å². The molecule has 13 heavy (non-hydrogen) atoms. The molecule has 0 atom stereocenters. The molecule has 78 valence electrons. The van der Waals surface area contributed by atoms with Crippen LogP contribution in [0.1, 0.15) is 0 Å². The molecule has 0 spiro atoms. The number of hydrogen-bond donors (Lipinski definition) is 1. The van der Waals surface area contributed by atoms with Crippen LogP contribution in [0.25, 0.3) is 0 Å². The molecule has 4 nitrogen and oxygen atoms in total. The van der Waals surface area contributed by atoms with Crippen LogP contribution in [0.5, 0.6) is 0 Å². The van der Waals surface area contributed by atoms with Crippen LogP contribution in [0.2, 0.25) is 0 Å². The smallest absolute Gasteiger partial charge is 0.407 e. The van der Waals surface area contributed by atoms with Gasteiger partial charge in [-0.15, -0.1) is 0 Å². The Kier molecular flexibility index (Phi) is 5.20. The summed E-state index contributed by atoms with van der Waals surface area (Å²) in [5, 5.41) is 1.54. The molecule has 0 heterocycles. The van der Waals surface area contributed by atoms with Crippen LogP contribution in [-0.4, -0.2) is 39.1 Å². The summed E-state index contributed by atoms with van der Waals surface area (Å²) >= 11 is 0. The number of hydrogen-bond acceptors (Lipinski definition) is 3. The normalized spacial score (nSPS) is 11.1. The Labute approximate surface area is 73.0 Å². The third-order valence-corrected chi connectivity index (χ3v) is 0.954. The first-order chi connectivity index (χ1) is 5.95. The van der Waals surface area contributed by atoms with Crippen LogP contribution in [0, 0.1) is 0 Å². The van der Waals surface area contributed by atoms with Gasteiger partial charge in [-0.3, -0.25) is 0 Å². The SMILES string of the molecule is COCCOC(=O)NCC(F)(F)F. The van der Waals surface area contributed by atoms with Gasteiger partial charge in [0.05, 0.1) is 6.61 Å². The Morgan fingerprint density at radius 2 is 2.00 bits per heavy atom. The molecule has 0 aromatic heterocycles. The first kappa shape index (κ1) is 12.0. The lowest BCUT2D eigenvalue weighted by Gasteiger charge is -2.08. The van der Waals surface area contributed by atoms with Gasteiger partial charge in [-0.25, -0.2) is 4.79 Å². The molecule has 0 unspecified atom stereocenters. The molecule has 0 aliphatic rings. The van der Waals surface area contributed by atoms with Crippen LogP contribution in [0.3, 0.4) is 0 Å². The highest BCUT2D eigenvalue weighted by Gasteiger charge is 2.27. The van der Waals surface area contributed by atoms with E-state index in [2.05, 4.69) is 9.47 Å². The minimum Gasteiger partial charge on any atom is -0.447 e. The number of alkyl halides is 3. The fourth-order valence-electron chi connectivity index (χ4n) is 0.441. The van der Waals surface area contributed by atoms with Gasteiger partial charge >= 0.3 is 12.3 Å². The lowest BCUT2D eigenvalue weighted by atomic mass is 10.6. The third-order valence-electron chi connectivity index (χ3n) is 0.954. The van der Waals surface area contributed by atoms with Crippen molar-refractivity contribution in [3.8, 4) is 0 Å². The van der Waals surface area contributed by atoms with Crippen molar-refractivity contribution in [1.82, 2.24) is 5.32 Å². The highest BCUT2D eigenvalue weighted by Crippen LogP contribution is 2.11. The van der Waals surface area contributed by atoms with E-state index in [0.717, 1.165) is 0 Å². The van der Waals surface area contributed by atoms with Crippen LogP contribution in [-0.2, 0) is 9.47 Å². The van der Waals surface area contributed by atoms with Gasteiger partial charge in [0.15, 0.2) is 0 Å². The highest BCUT2D eigenvalue weighted by atomic mass is 19.4. The Bertz CT molecular complexity index is 160. The van der Waals surface area contributed by atoms with E-state index in [1.165, 1.54) is 12.4 Å². The Morgan fingerprint density at radius 3 is 2.46 bits per heavy atom. The maximum Gasteiger partial charge on any atom is 0.407 e. The van der Waals surface area contributed by atoms with Crippen molar-refractivity contribution in [3.05, 3.63) is 0 Å². The molecule has 0 aliphatic heterocycles. The minimum atomic E-state index is -4.42. The van der Waals surface area contributed by atoms with Crippen LogP contribution in [0.4, 0.5) is 18.0 Å². The summed E-state index contributed by atoms with van der Waals surface area (Å²) in [6.07, 6.45) is -5.52. The molecule has 0 aromatic carbocycles. The van der Waals surface area contributed by atoms with Crippen LogP contribution in [0.15, 0.2) is 0 Å². The first-order valence-corrected chi connectivity index (χ1v) is 3.42. The fraction of sp³-hybridized carbons (Fsp3) is 0.833. The minimum absolute atomic E-state index is 0.0693. The quantitative estimate of drug-likeness (QED) is 0.688. The average Bonchev–Trinajstić information content (AvgIpc) is 2.00. The number of methoxy groups -OCH3 is 1. The predicted octanol–water partition coefficient (Wildman–Crippen LogP) is 0.921. The van der Waals surface area contributed by atoms with E-state index in [0.29, 0.717) is 0 Å². The third kappa shape index (κ3) is 8.93. The van der Waals surface area contributed by atoms with Crippen molar-refractivity contribution in [1.29, 1.82) is 0 Å². The molecule has 0 rings (SSSR count). The average molecular weight is 201 g/mol. The second-order valence-electron chi connectivity index (χ2n) is 2.10. The second kappa shape index (κ2) is 5.63. The highest BCUT2D eigenvalue weighted by molar-refractivity contribution is 5.67. The molecule has 0 aromatic rings. The van der Waals surface area contributed by atoms with Gasteiger partial charge in [-0.05, 0) is 0 Å². The van der Waals surface area contributed by atoms with Gasteiger partial charge in [0.25, 0.3) is 0 Å². The number of nitrogens with one attached hydrogen (secondary N) is 1. The van der Waals surface area contributed by atoms with Crippen molar-refractivity contribution >= 4 is 6.09 Å². The van der Waals surface area contributed by atoms with E-state index in [1.807, 2.05) is 0 Å². The number of carbonyl (C=O) groups is 1. The maximum absolute atomic E-state index is 11.5. The first-order valence-electron chi connectivity index (χ1n) is 3.42. The van der Waals surface area contributed by atoms with Crippen LogP contribution < -0.4 is 5.32 Å². The summed E-state index contributed by atoms with van der Waals surface area (Å²) in [5.41, 5.74) is 0. The second-order valence-corrected chi connectivity index (χ2v) is 2.10. The number of ether oxygens (including phenoxy) is 2. The summed E-state index contributed by atoms with van der Waals surface area (Å²) in [5.74, 6) is 0. The standard InChI is InChI=1S/C6H10F3NO3/c1-12-2-3-13-5(11)10-4-6(7,8)9/h2-4H2,1H3,(H,10,11). The molecule has 7 heteroatoms. The topological polar surface area (TPSA) is 47.6 Å². The van der Waals surface area contributed by atoms with Gasteiger partial charge in [-0.2, -0.15) is 13.2 Å². The number of alkyl carbamates (subject to hydrolysis) is 1. The van der Waals surface area contributed by atoms with Crippen LogP contribution >= 0.6 is 0 Å². The van der Waals surface area contributed by atoms with Gasteiger partial charge in [0.2, 0.25) is 0 Å². The van der Waals surface area contributed by atoms with Crippen molar-refractivity contribution in [2.24, 2.45) is 0 Å². The molecule has 0 radical (unpaired) electrons. The predicted molar refractivity (Wildman–Crippen MR) is 37.3 cm³/mol. The maximum atomic E-state index is 11.5. The molecular formula is C6H10F3NO3. The summed E-state index contributed by atoms with van der Waals surface area (Å²) in [7, 11) is 1.39. The lowest BCUT2D eigenvalue weighted by molar-refractivity contribution is -0.123. The summed E-state index contributed by atoms with van der Waals surface area (Å²) in [6, 6.07) is 0. The zero-order valence-electron chi connectivity index (χ0n) is 6.98. The summed E-state index contributed by atoms with van der Waals surface area (Å²) in [6.45, 7) is -1.31. The molecule has 0 aliphatic carbocycles. The van der Waals surface area contributed by atoms with Crippen molar-refractivity contribution < 1.29 is 27.4 Å². The molecule has 1 amide bonds. The van der Waals surface area contributed by atoms with Gasteiger partial charge in [0, 0.05) is 7.11 Å². The largest absolute Gasteiger partial charge is 0.447 e. The monoisotopic (exact) mass is 201 g/mol.